The fraction of sp³-hybridized carbons (Fsp3) is 0.308. The van der Waals surface area contributed by atoms with Gasteiger partial charge in [0.05, 0.1) is 4.92 Å². The van der Waals surface area contributed by atoms with Crippen LogP contribution >= 0.6 is 0 Å². The Bertz CT molecular complexity index is 655. The second-order valence-corrected chi connectivity index (χ2v) is 4.78. The number of benzene rings is 1. The number of imide groups is 1. The lowest BCUT2D eigenvalue weighted by Gasteiger charge is -2.31. The van der Waals surface area contributed by atoms with Gasteiger partial charge in [-0.25, -0.2) is 0 Å². The Kier molecular flexibility index (Phi) is 3.70. The number of nitro benzene ring substituents is 1. The highest BCUT2D eigenvalue weighted by atomic mass is 16.6. The van der Waals surface area contributed by atoms with E-state index in [1.54, 1.807) is 6.92 Å². The average molecular weight is 291 g/mol. The third-order valence-corrected chi connectivity index (χ3v) is 3.35. The number of rotatable bonds is 2. The standard InChI is InChI=1S/C13H13N3O5/c1-7-3-4-9(16(20)21)5-10(7)13(19)15-6-11(17)14-12(18)8(15)2/h3-5,8H,6H2,1-2H3,(H,14,17,18). The molecule has 1 aliphatic rings. The molecule has 0 aromatic heterocycles. The molecule has 0 aliphatic carbocycles. The summed E-state index contributed by atoms with van der Waals surface area (Å²) in [5.41, 5.74) is 0.430. The summed E-state index contributed by atoms with van der Waals surface area (Å²) in [6.45, 7) is 2.87. The van der Waals surface area contributed by atoms with E-state index in [2.05, 4.69) is 5.32 Å². The summed E-state index contributed by atoms with van der Waals surface area (Å²) in [5, 5.41) is 12.9. The van der Waals surface area contributed by atoms with E-state index in [9.17, 15) is 24.5 Å². The van der Waals surface area contributed by atoms with Gasteiger partial charge in [-0.3, -0.25) is 29.8 Å². The Hall–Kier alpha value is -2.77. The quantitative estimate of drug-likeness (QED) is 0.481. The topological polar surface area (TPSA) is 110 Å². The first-order chi connectivity index (χ1) is 9.81. The lowest BCUT2D eigenvalue weighted by molar-refractivity contribution is -0.384. The fourth-order valence-corrected chi connectivity index (χ4v) is 2.07. The number of piperazine rings is 1. The van der Waals surface area contributed by atoms with Gasteiger partial charge in [-0.2, -0.15) is 0 Å². The molecule has 0 bridgehead atoms. The molecule has 1 aliphatic heterocycles. The number of nitrogens with one attached hydrogen (secondary N) is 1. The minimum absolute atomic E-state index is 0.110. The molecule has 1 saturated heterocycles. The van der Waals surface area contributed by atoms with Crippen LogP contribution < -0.4 is 5.32 Å². The second-order valence-electron chi connectivity index (χ2n) is 4.78. The van der Waals surface area contributed by atoms with Crippen molar-refractivity contribution in [3.05, 3.63) is 39.4 Å². The van der Waals surface area contributed by atoms with Crippen molar-refractivity contribution in [1.82, 2.24) is 10.2 Å². The molecule has 1 atom stereocenters. The lowest BCUT2D eigenvalue weighted by Crippen LogP contribution is -2.58. The molecule has 1 unspecified atom stereocenters. The fourth-order valence-electron chi connectivity index (χ4n) is 2.07. The lowest BCUT2D eigenvalue weighted by atomic mass is 10.0. The van der Waals surface area contributed by atoms with Crippen LogP contribution in [0.1, 0.15) is 22.8 Å². The van der Waals surface area contributed by atoms with Crippen LogP contribution in [0, 0.1) is 17.0 Å². The summed E-state index contributed by atoms with van der Waals surface area (Å²) >= 11 is 0. The molecule has 21 heavy (non-hydrogen) atoms. The summed E-state index contributed by atoms with van der Waals surface area (Å²) in [7, 11) is 0. The van der Waals surface area contributed by atoms with Gasteiger partial charge < -0.3 is 4.90 Å². The maximum Gasteiger partial charge on any atom is 0.270 e. The molecule has 110 valence electrons. The van der Waals surface area contributed by atoms with Crippen LogP contribution in [0.15, 0.2) is 18.2 Å². The summed E-state index contributed by atoms with van der Waals surface area (Å²) in [5.74, 6) is -1.72. The number of carbonyl (C=O) groups excluding carboxylic acids is 3. The number of non-ortho nitro benzene ring substituents is 1. The number of nitro groups is 1. The molecule has 3 amide bonds. The van der Waals surface area contributed by atoms with Crippen molar-refractivity contribution in [3.63, 3.8) is 0 Å². The van der Waals surface area contributed by atoms with Crippen LogP contribution in [0.25, 0.3) is 0 Å². The van der Waals surface area contributed by atoms with Gasteiger partial charge in [0.2, 0.25) is 11.8 Å². The summed E-state index contributed by atoms with van der Waals surface area (Å²) in [6, 6.07) is 3.10. The van der Waals surface area contributed by atoms with Gasteiger partial charge in [-0.1, -0.05) is 6.07 Å². The number of amides is 3. The van der Waals surface area contributed by atoms with E-state index >= 15 is 0 Å². The second kappa shape index (κ2) is 5.31. The Labute approximate surface area is 119 Å². The Balaban J connectivity index is 2.39. The van der Waals surface area contributed by atoms with Crippen molar-refractivity contribution < 1.29 is 19.3 Å². The molecule has 8 nitrogen and oxygen atoms in total. The largest absolute Gasteiger partial charge is 0.318 e. The van der Waals surface area contributed by atoms with Gasteiger partial charge in [-0.05, 0) is 19.4 Å². The predicted octanol–water partition coefficient (Wildman–Crippen LogP) is 0.390. The van der Waals surface area contributed by atoms with E-state index in [4.69, 9.17) is 0 Å². The minimum Gasteiger partial charge on any atom is -0.318 e. The Morgan fingerprint density at radius 3 is 2.71 bits per heavy atom. The van der Waals surface area contributed by atoms with E-state index in [1.165, 1.54) is 19.1 Å². The van der Waals surface area contributed by atoms with Gasteiger partial charge in [0.25, 0.3) is 11.6 Å². The predicted molar refractivity (Wildman–Crippen MR) is 71.5 cm³/mol. The van der Waals surface area contributed by atoms with Crippen LogP contribution in [-0.4, -0.2) is 40.1 Å². The SMILES string of the molecule is Cc1ccc([N+](=O)[O-])cc1C(=O)N1CC(=O)NC(=O)C1C. The van der Waals surface area contributed by atoms with Gasteiger partial charge in [0.1, 0.15) is 12.6 Å². The molecule has 1 aromatic carbocycles. The van der Waals surface area contributed by atoms with Crippen LogP contribution in [0.5, 0.6) is 0 Å². The van der Waals surface area contributed by atoms with E-state index in [-0.39, 0.29) is 17.8 Å². The number of hydrogen-bond donors (Lipinski definition) is 1. The Morgan fingerprint density at radius 1 is 1.43 bits per heavy atom. The summed E-state index contributed by atoms with van der Waals surface area (Å²) in [4.78, 5) is 46.7. The van der Waals surface area contributed by atoms with Gasteiger partial charge in [-0.15, -0.1) is 0 Å². The molecule has 0 saturated carbocycles. The number of nitrogens with zero attached hydrogens (tertiary/aromatic N) is 2. The number of aryl methyl sites for hydroxylation is 1. The van der Waals surface area contributed by atoms with Gasteiger partial charge in [0, 0.05) is 17.7 Å². The number of carbonyl (C=O) groups is 3. The zero-order valence-corrected chi connectivity index (χ0v) is 11.5. The third-order valence-electron chi connectivity index (χ3n) is 3.35. The maximum absolute atomic E-state index is 12.5. The Morgan fingerprint density at radius 2 is 2.10 bits per heavy atom. The van der Waals surface area contributed by atoms with Crippen molar-refractivity contribution in [2.45, 2.75) is 19.9 Å². The molecule has 0 radical (unpaired) electrons. The molecule has 1 fully saturated rings. The van der Waals surface area contributed by atoms with Gasteiger partial charge >= 0.3 is 0 Å². The first-order valence-corrected chi connectivity index (χ1v) is 6.21. The van der Waals surface area contributed by atoms with Gasteiger partial charge in [0.15, 0.2) is 0 Å². The van der Waals surface area contributed by atoms with E-state index in [0.29, 0.717) is 5.56 Å². The monoisotopic (exact) mass is 291 g/mol. The van der Waals surface area contributed by atoms with E-state index in [1.807, 2.05) is 0 Å². The molecular formula is C13H13N3O5. The van der Waals surface area contributed by atoms with Crippen LogP contribution in [0.4, 0.5) is 5.69 Å². The normalized spacial score (nSPS) is 18.4. The zero-order chi connectivity index (χ0) is 15.7. The third kappa shape index (κ3) is 2.73. The first-order valence-electron chi connectivity index (χ1n) is 6.21. The van der Waals surface area contributed by atoms with E-state index in [0.717, 1.165) is 11.0 Å². The molecule has 1 heterocycles. The van der Waals surface area contributed by atoms with Crippen molar-refractivity contribution in [1.29, 1.82) is 0 Å². The molecule has 1 N–H and O–H groups in total. The zero-order valence-electron chi connectivity index (χ0n) is 11.5. The molecule has 0 spiro atoms. The van der Waals surface area contributed by atoms with Crippen molar-refractivity contribution in [2.75, 3.05) is 6.54 Å². The van der Waals surface area contributed by atoms with Crippen molar-refractivity contribution in [2.24, 2.45) is 0 Å². The first kappa shape index (κ1) is 14.6. The highest BCUT2D eigenvalue weighted by Crippen LogP contribution is 2.20. The highest BCUT2D eigenvalue weighted by molar-refractivity contribution is 6.07. The molecule has 8 heteroatoms. The van der Waals surface area contributed by atoms with Crippen molar-refractivity contribution in [3.8, 4) is 0 Å². The molecular weight excluding hydrogens is 278 g/mol. The molecule has 2 rings (SSSR count). The number of hydrogen-bond acceptors (Lipinski definition) is 5. The van der Waals surface area contributed by atoms with Crippen LogP contribution in [-0.2, 0) is 9.59 Å². The maximum atomic E-state index is 12.5. The smallest absolute Gasteiger partial charge is 0.270 e. The van der Waals surface area contributed by atoms with Crippen LogP contribution in [0.2, 0.25) is 0 Å². The highest BCUT2D eigenvalue weighted by Gasteiger charge is 2.34. The van der Waals surface area contributed by atoms with Crippen LogP contribution in [0.3, 0.4) is 0 Å². The minimum atomic E-state index is -0.811. The summed E-state index contributed by atoms with van der Waals surface area (Å²) in [6.07, 6.45) is 0. The summed E-state index contributed by atoms with van der Waals surface area (Å²) < 4.78 is 0. The van der Waals surface area contributed by atoms with Crippen molar-refractivity contribution >= 4 is 23.4 Å². The molecule has 1 aromatic rings. The average Bonchev–Trinajstić information content (AvgIpc) is 2.42. The van der Waals surface area contributed by atoms with E-state index < -0.39 is 28.7 Å².